The Morgan fingerprint density at radius 3 is 2.81 bits per heavy atom. The molecule has 6 rings (SSSR count). The molecule has 0 saturated carbocycles. The third-order valence-corrected chi connectivity index (χ3v) is 6.22. The Morgan fingerprint density at radius 1 is 1.14 bits per heavy atom. The number of aromatic nitrogens is 6. The highest BCUT2D eigenvalue weighted by Crippen LogP contribution is 2.36. The van der Waals surface area contributed by atoms with E-state index in [1.807, 2.05) is 41.1 Å². The zero-order valence-electron chi connectivity index (χ0n) is 19.3. The number of hydrogen-bond acceptors (Lipinski definition) is 9. The summed E-state index contributed by atoms with van der Waals surface area (Å²) in [6.07, 6.45) is 4.52. The quantitative estimate of drug-likeness (QED) is 0.406. The van der Waals surface area contributed by atoms with Gasteiger partial charge in [0.1, 0.15) is 24.0 Å². The molecule has 2 aromatic carbocycles. The molecule has 13 heteroatoms. The van der Waals surface area contributed by atoms with E-state index in [9.17, 15) is 4.79 Å². The van der Waals surface area contributed by atoms with Gasteiger partial charge in [0, 0.05) is 23.8 Å². The first kappa shape index (κ1) is 22.7. The molecule has 4 heterocycles. The molecule has 0 bridgehead atoms. The Hall–Kier alpha value is -4.80. The number of rotatable bonds is 6. The number of carbonyl (C=O) groups is 1. The van der Waals surface area contributed by atoms with Crippen LogP contribution in [0, 0.1) is 11.3 Å². The predicted molar refractivity (Wildman–Crippen MR) is 127 cm³/mol. The van der Waals surface area contributed by atoms with Gasteiger partial charge in [-0.25, -0.2) is 9.78 Å². The van der Waals surface area contributed by atoms with E-state index in [0.29, 0.717) is 23.6 Å². The summed E-state index contributed by atoms with van der Waals surface area (Å²) in [5, 5.41) is 26.6. The van der Waals surface area contributed by atoms with Gasteiger partial charge in [0.05, 0.1) is 37.2 Å². The number of benzene rings is 2. The molecule has 2 aromatic heterocycles. The van der Waals surface area contributed by atoms with Gasteiger partial charge in [-0.2, -0.15) is 9.94 Å². The van der Waals surface area contributed by atoms with Gasteiger partial charge in [-0.3, -0.25) is 0 Å². The van der Waals surface area contributed by atoms with Gasteiger partial charge in [-0.05, 0) is 52.9 Å². The maximum Gasteiger partial charge on any atom is 0.341 e. The van der Waals surface area contributed by atoms with E-state index >= 15 is 0 Å². The molecule has 2 fully saturated rings. The van der Waals surface area contributed by atoms with Crippen LogP contribution in [0.3, 0.4) is 0 Å². The van der Waals surface area contributed by atoms with Crippen LogP contribution in [-0.4, -0.2) is 67.3 Å². The number of anilines is 1. The topological polar surface area (TPSA) is 154 Å². The highest BCUT2D eigenvalue weighted by atomic mass is 16.6. The Labute approximate surface area is 210 Å². The van der Waals surface area contributed by atoms with E-state index in [-0.39, 0.29) is 36.9 Å². The van der Waals surface area contributed by atoms with Gasteiger partial charge < -0.3 is 29.4 Å². The van der Waals surface area contributed by atoms with Crippen molar-refractivity contribution in [3.63, 3.8) is 0 Å². The summed E-state index contributed by atoms with van der Waals surface area (Å²) in [5.41, 5.74) is 1.92. The van der Waals surface area contributed by atoms with E-state index in [0.717, 1.165) is 5.69 Å². The van der Waals surface area contributed by atoms with Crippen molar-refractivity contribution in [3.8, 4) is 23.5 Å². The number of ether oxygens (including phenoxy) is 3. The molecule has 2 amide bonds. The molecule has 2 saturated heterocycles. The molecule has 2 aliphatic rings. The first-order chi connectivity index (χ1) is 18.2. The first-order valence-corrected chi connectivity index (χ1v) is 11.5. The minimum atomic E-state index is -0.415. The lowest BCUT2D eigenvalue weighted by Gasteiger charge is -2.18. The second kappa shape index (κ2) is 9.69. The predicted octanol–water partition coefficient (Wildman–Crippen LogP) is 2.05. The first-order valence-electron chi connectivity index (χ1n) is 11.5. The maximum absolute atomic E-state index is 12.5. The summed E-state index contributed by atoms with van der Waals surface area (Å²) in [6.45, 7) is 0.561. The molecular weight excluding hydrogens is 478 g/mol. The summed E-state index contributed by atoms with van der Waals surface area (Å²) >= 11 is 0. The molecule has 4 atom stereocenters. The third kappa shape index (κ3) is 4.58. The number of urea groups is 1. The number of fused-ring (bicyclic) bond motifs is 1. The van der Waals surface area contributed by atoms with E-state index in [1.165, 1.54) is 0 Å². The molecule has 37 heavy (non-hydrogen) atoms. The molecule has 0 spiro atoms. The largest absolute Gasteiger partial charge is 0.423 e. The van der Waals surface area contributed by atoms with Crippen molar-refractivity contribution in [3.05, 3.63) is 72.8 Å². The van der Waals surface area contributed by atoms with Gasteiger partial charge in [0.15, 0.2) is 0 Å². The zero-order chi connectivity index (χ0) is 25.2. The molecule has 2 aliphatic heterocycles. The summed E-state index contributed by atoms with van der Waals surface area (Å²) in [6, 6.07) is 15.3. The van der Waals surface area contributed by atoms with Crippen LogP contribution in [0.1, 0.15) is 11.6 Å². The fourth-order valence-electron chi connectivity index (χ4n) is 4.48. The van der Waals surface area contributed by atoms with Crippen LogP contribution >= 0.6 is 0 Å². The monoisotopic (exact) mass is 499 g/mol. The van der Waals surface area contributed by atoms with Crippen molar-refractivity contribution in [2.45, 2.75) is 24.3 Å². The summed E-state index contributed by atoms with van der Waals surface area (Å²) in [5.74, 6) is 0.569. The molecule has 13 nitrogen and oxygen atoms in total. The van der Waals surface area contributed by atoms with Crippen LogP contribution in [0.4, 0.5) is 10.5 Å². The van der Waals surface area contributed by atoms with Crippen molar-refractivity contribution < 1.29 is 19.0 Å². The van der Waals surface area contributed by atoms with Crippen molar-refractivity contribution in [2.75, 3.05) is 18.5 Å². The summed E-state index contributed by atoms with van der Waals surface area (Å²) < 4.78 is 21.3. The average Bonchev–Trinajstić information content (AvgIpc) is 3.71. The van der Waals surface area contributed by atoms with Crippen LogP contribution in [0.5, 0.6) is 11.8 Å². The highest BCUT2D eigenvalue weighted by molar-refractivity contribution is 5.89. The molecule has 0 unspecified atom stereocenters. The smallest absolute Gasteiger partial charge is 0.341 e. The SMILES string of the molecule is N#Cc1cccc(NC(=O)N[C@H]2CO[C@H]3[C@@H]2OC[C@@H]3n2nnnc2Oc2ccc(-n3ccnc3)cc2)c1. The lowest BCUT2D eigenvalue weighted by Crippen LogP contribution is -2.45. The molecule has 0 radical (unpaired) electrons. The lowest BCUT2D eigenvalue weighted by molar-refractivity contribution is 0.0613. The van der Waals surface area contributed by atoms with Crippen molar-refractivity contribution in [1.29, 1.82) is 5.26 Å². The number of carbonyl (C=O) groups excluding carboxylic acids is 1. The number of hydrogen-bond donors (Lipinski definition) is 2. The van der Waals surface area contributed by atoms with E-state index in [1.54, 1.807) is 41.5 Å². The number of nitrogens with one attached hydrogen (secondary N) is 2. The van der Waals surface area contributed by atoms with Crippen molar-refractivity contribution >= 4 is 11.7 Å². The van der Waals surface area contributed by atoms with Crippen LogP contribution in [0.2, 0.25) is 0 Å². The maximum atomic E-state index is 12.5. The number of amides is 2. The molecule has 186 valence electrons. The average molecular weight is 499 g/mol. The van der Waals surface area contributed by atoms with Crippen LogP contribution < -0.4 is 15.4 Å². The number of tetrazole rings is 1. The summed E-state index contributed by atoms with van der Waals surface area (Å²) in [7, 11) is 0. The Kier molecular flexibility index (Phi) is 5.93. The Morgan fingerprint density at radius 2 is 2.00 bits per heavy atom. The normalized spacial score (nSPS) is 22.2. The van der Waals surface area contributed by atoms with Crippen LogP contribution in [0.25, 0.3) is 5.69 Å². The molecular formula is C24H21N9O4. The minimum Gasteiger partial charge on any atom is -0.423 e. The van der Waals surface area contributed by atoms with Gasteiger partial charge >= 0.3 is 12.0 Å². The second-order valence-corrected chi connectivity index (χ2v) is 8.53. The van der Waals surface area contributed by atoms with Gasteiger partial charge in [0.2, 0.25) is 0 Å². The molecule has 2 N–H and O–H groups in total. The zero-order valence-corrected chi connectivity index (χ0v) is 19.3. The number of nitriles is 1. The number of imidazole rings is 1. The van der Waals surface area contributed by atoms with E-state index < -0.39 is 6.03 Å². The highest BCUT2D eigenvalue weighted by Gasteiger charge is 2.50. The van der Waals surface area contributed by atoms with Gasteiger partial charge in [-0.1, -0.05) is 11.2 Å². The molecule has 0 aliphatic carbocycles. The Balaban J connectivity index is 1.09. The van der Waals surface area contributed by atoms with Gasteiger partial charge in [-0.15, -0.1) is 0 Å². The van der Waals surface area contributed by atoms with Crippen LogP contribution in [-0.2, 0) is 9.47 Å². The van der Waals surface area contributed by atoms with E-state index in [4.69, 9.17) is 19.5 Å². The minimum absolute atomic E-state index is 0.208. The van der Waals surface area contributed by atoms with Crippen molar-refractivity contribution in [2.24, 2.45) is 0 Å². The lowest BCUT2D eigenvalue weighted by atomic mass is 10.1. The van der Waals surface area contributed by atoms with E-state index in [2.05, 4.69) is 31.1 Å². The third-order valence-electron chi connectivity index (χ3n) is 6.22. The summed E-state index contributed by atoms with van der Waals surface area (Å²) in [4.78, 5) is 16.6. The number of nitrogens with zero attached hydrogens (tertiary/aromatic N) is 7. The van der Waals surface area contributed by atoms with Crippen LogP contribution in [0.15, 0.2) is 67.3 Å². The fourth-order valence-corrected chi connectivity index (χ4v) is 4.48. The molecule has 4 aromatic rings. The second-order valence-electron chi connectivity index (χ2n) is 8.53. The van der Waals surface area contributed by atoms with Gasteiger partial charge in [0.25, 0.3) is 0 Å². The standard InChI is InChI=1S/C24H21N9O4/c25-11-15-2-1-3-16(10-15)27-23(34)28-19-12-35-22-20(13-36-21(19)22)33-24(29-30-31-33)37-18-6-4-17(5-7-18)32-9-8-26-14-32/h1-10,14,19-22H,12-13H2,(H2,27,28,34)/t19-,20-,21+,22+/m0/s1. The van der Waals surface area contributed by atoms with Crippen molar-refractivity contribution in [1.82, 2.24) is 35.1 Å². The fraction of sp³-hybridized carbons (Fsp3) is 0.250. The Bertz CT molecular complexity index is 1430.